The summed E-state index contributed by atoms with van der Waals surface area (Å²) in [5.41, 5.74) is 1.40. The second kappa shape index (κ2) is 6.69. The molecule has 0 radical (unpaired) electrons. The van der Waals surface area contributed by atoms with Gasteiger partial charge in [-0.25, -0.2) is 4.39 Å². The van der Waals surface area contributed by atoms with Crippen LogP contribution in [0, 0.1) is 5.82 Å². The molecule has 0 aliphatic heterocycles. The van der Waals surface area contributed by atoms with Crippen molar-refractivity contribution >= 4 is 17.3 Å². The van der Waals surface area contributed by atoms with Crippen LogP contribution in [0.15, 0.2) is 36.5 Å². The van der Waals surface area contributed by atoms with Crippen LogP contribution in [0.3, 0.4) is 0 Å². The average Bonchev–Trinajstić information content (AvgIpc) is 2.48. The van der Waals surface area contributed by atoms with Crippen LogP contribution in [0.2, 0.25) is 0 Å². The third-order valence-electron chi connectivity index (χ3n) is 2.78. The van der Waals surface area contributed by atoms with Crippen LogP contribution in [0.1, 0.15) is 17.4 Å². The number of hydrogen-bond acceptors (Lipinski definition) is 4. The fourth-order valence-electron chi connectivity index (χ4n) is 1.81. The lowest BCUT2D eigenvalue weighted by atomic mass is 10.2. The zero-order valence-corrected chi connectivity index (χ0v) is 11.8. The Hall–Kier alpha value is -2.63. The molecule has 0 bridgehead atoms. The van der Waals surface area contributed by atoms with Gasteiger partial charge in [0.2, 0.25) is 0 Å². The summed E-state index contributed by atoms with van der Waals surface area (Å²) in [4.78, 5) is 16.1. The molecule has 1 aromatic carbocycles. The van der Waals surface area contributed by atoms with Gasteiger partial charge in [0.25, 0.3) is 5.91 Å². The van der Waals surface area contributed by atoms with Crippen molar-refractivity contribution in [3.05, 3.63) is 48.0 Å². The van der Waals surface area contributed by atoms with Crippen molar-refractivity contribution in [2.45, 2.75) is 6.92 Å². The number of hydrogen-bond donors (Lipinski definition) is 2. The van der Waals surface area contributed by atoms with Crippen LogP contribution >= 0.6 is 0 Å². The summed E-state index contributed by atoms with van der Waals surface area (Å²) in [6, 6.07) is 7.62. The number of rotatable bonds is 5. The normalized spacial score (nSPS) is 10.0. The Balaban J connectivity index is 2.14. The molecule has 2 aromatic rings. The fraction of sp³-hybridized carbons (Fsp3) is 0.200. The maximum absolute atomic E-state index is 13.6. The number of nitrogens with one attached hydrogen (secondary N) is 2. The topological polar surface area (TPSA) is 63.2 Å². The number of carbonyl (C=O) groups excluding carboxylic acids is 1. The van der Waals surface area contributed by atoms with Crippen LogP contribution in [0.4, 0.5) is 15.8 Å². The van der Waals surface area contributed by atoms with E-state index in [9.17, 15) is 9.18 Å². The lowest BCUT2D eigenvalue weighted by molar-refractivity contribution is 0.102. The Bertz CT molecular complexity index is 647. The molecule has 110 valence electrons. The van der Waals surface area contributed by atoms with E-state index in [0.717, 1.165) is 12.2 Å². The molecule has 1 amide bonds. The van der Waals surface area contributed by atoms with Crippen molar-refractivity contribution in [1.82, 2.24) is 4.98 Å². The van der Waals surface area contributed by atoms with Crippen LogP contribution in [0.25, 0.3) is 0 Å². The number of halogens is 1. The second-order valence-electron chi connectivity index (χ2n) is 4.26. The third-order valence-corrected chi connectivity index (χ3v) is 2.78. The van der Waals surface area contributed by atoms with Gasteiger partial charge in [0.05, 0.1) is 7.11 Å². The molecule has 2 N–H and O–H groups in total. The summed E-state index contributed by atoms with van der Waals surface area (Å²) in [6.45, 7) is 2.70. The maximum atomic E-state index is 13.6. The molecule has 0 aliphatic rings. The number of nitrogens with zero attached hydrogens (tertiary/aromatic N) is 1. The van der Waals surface area contributed by atoms with E-state index >= 15 is 0 Å². The minimum Gasteiger partial charge on any atom is -0.494 e. The molecule has 0 unspecified atom stereocenters. The van der Waals surface area contributed by atoms with Crippen molar-refractivity contribution in [3.63, 3.8) is 0 Å². The van der Waals surface area contributed by atoms with Crippen molar-refractivity contribution in [3.8, 4) is 5.75 Å². The standard InChI is InChI=1S/C15H16FN3O2/c1-3-17-10-6-7-18-13(9-10)15(20)19-11-4-5-14(21-2)12(16)8-11/h4-9H,3H2,1-2H3,(H,17,18)(H,19,20). The lowest BCUT2D eigenvalue weighted by Gasteiger charge is -2.08. The number of methoxy groups -OCH3 is 1. The van der Waals surface area contributed by atoms with Gasteiger partial charge in [0, 0.05) is 30.2 Å². The molecule has 1 heterocycles. The Labute approximate surface area is 122 Å². The molecule has 0 saturated heterocycles. The van der Waals surface area contributed by atoms with Gasteiger partial charge < -0.3 is 15.4 Å². The molecule has 5 nitrogen and oxygen atoms in total. The third kappa shape index (κ3) is 3.68. The predicted octanol–water partition coefficient (Wildman–Crippen LogP) is 2.91. The summed E-state index contributed by atoms with van der Waals surface area (Å²) >= 11 is 0. The van der Waals surface area contributed by atoms with Crippen molar-refractivity contribution < 1.29 is 13.9 Å². The van der Waals surface area contributed by atoms with Gasteiger partial charge in [-0.15, -0.1) is 0 Å². The van der Waals surface area contributed by atoms with E-state index in [0.29, 0.717) is 5.69 Å². The van der Waals surface area contributed by atoms with E-state index in [-0.39, 0.29) is 11.4 Å². The number of amides is 1. The molecule has 21 heavy (non-hydrogen) atoms. The monoisotopic (exact) mass is 289 g/mol. The van der Waals surface area contributed by atoms with Gasteiger partial charge in [0.1, 0.15) is 5.69 Å². The summed E-state index contributed by atoms with van der Waals surface area (Å²) in [7, 11) is 1.38. The first kappa shape index (κ1) is 14.8. The highest BCUT2D eigenvalue weighted by Crippen LogP contribution is 2.21. The van der Waals surface area contributed by atoms with Gasteiger partial charge in [-0.3, -0.25) is 9.78 Å². The number of anilines is 2. The summed E-state index contributed by atoms with van der Waals surface area (Å²) in [6.07, 6.45) is 1.54. The second-order valence-corrected chi connectivity index (χ2v) is 4.26. The maximum Gasteiger partial charge on any atom is 0.274 e. The molecule has 2 rings (SSSR count). The minimum atomic E-state index is -0.537. The Morgan fingerprint density at radius 2 is 2.10 bits per heavy atom. The molecule has 0 saturated carbocycles. The minimum absolute atomic E-state index is 0.125. The lowest BCUT2D eigenvalue weighted by Crippen LogP contribution is -2.14. The molecule has 1 aromatic heterocycles. The summed E-state index contributed by atoms with van der Waals surface area (Å²) in [5.74, 6) is -0.816. The SMILES string of the molecule is CCNc1ccnc(C(=O)Nc2ccc(OC)c(F)c2)c1. The van der Waals surface area contributed by atoms with E-state index in [4.69, 9.17) is 4.74 Å². The largest absolute Gasteiger partial charge is 0.494 e. The molecule has 0 spiro atoms. The van der Waals surface area contributed by atoms with Crippen molar-refractivity contribution in [1.29, 1.82) is 0 Å². The van der Waals surface area contributed by atoms with Crippen LogP contribution in [0.5, 0.6) is 5.75 Å². The first-order chi connectivity index (χ1) is 10.1. The average molecular weight is 289 g/mol. The highest BCUT2D eigenvalue weighted by molar-refractivity contribution is 6.03. The van der Waals surface area contributed by atoms with E-state index < -0.39 is 11.7 Å². The van der Waals surface area contributed by atoms with Crippen LogP contribution in [-0.4, -0.2) is 24.5 Å². The highest BCUT2D eigenvalue weighted by Gasteiger charge is 2.10. The van der Waals surface area contributed by atoms with Gasteiger partial charge in [-0.1, -0.05) is 0 Å². The van der Waals surface area contributed by atoms with Crippen molar-refractivity contribution in [2.75, 3.05) is 24.3 Å². The summed E-state index contributed by atoms with van der Waals surface area (Å²) < 4.78 is 18.4. The smallest absolute Gasteiger partial charge is 0.274 e. The fourth-order valence-corrected chi connectivity index (χ4v) is 1.81. The van der Waals surface area contributed by atoms with E-state index in [2.05, 4.69) is 15.6 Å². The summed E-state index contributed by atoms with van der Waals surface area (Å²) in [5, 5.41) is 5.69. The predicted molar refractivity (Wildman–Crippen MR) is 79.3 cm³/mol. The molecular weight excluding hydrogens is 273 g/mol. The van der Waals surface area contributed by atoms with Crippen LogP contribution < -0.4 is 15.4 Å². The van der Waals surface area contributed by atoms with E-state index in [1.807, 2.05) is 6.92 Å². The number of aromatic nitrogens is 1. The zero-order chi connectivity index (χ0) is 15.2. The first-order valence-electron chi connectivity index (χ1n) is 6.49. The van der Waals surface area contributed by atoms with E-state index in [1.54, 1.807) is 24.4 Å². The Morgan fingerprint density at radius 1 is 1.29 bits per heavy atom. The van der Waals surface area contributed by atoms with Gasteiger partial charge in [-0.2, -0.15) is 0 Å². The Morgan fingerprint density at radius 3 is 2.76 bits per heavy atom. The van der Waals surface area contributed by atoms with Gasteiger partial charge in [0.15, 0.2) is 11.6 Å². The number of benzene rings is 1. The van der Waals surface area contributed by atoms with Gasteiger partial charge in [-0.05, 0) is 31.2 Å². The number of ether oxygens (including phenoxy) is 1. The zero-order valence-electron chi connectivity index (χ0n) is 11.8. The highest BCUT2D eigenvalue weighted by atomic mass is 19.1. The number of pyridine rings is 1. The van der Waals surface area contributed by atoms with Gasteiger partial charge >= 0.3 is 0 Å². The first-order valence-corrected chi connectivity index (χ1v) is 6.49. The Kier molecular flexibility index (Phi) is 4.71. The number of carbonyl (C=O) groups is 1. The quantitative estimate of drug-likeness (QED) is 0.888. The van der Waals surface area contributed by atoms with Crippen LogP contribution in [-0.2, 0) is 0 Å². The molecular formula is C15H16FN3O2. The van der Waals surface area contributed by atoms with E-state index in [1.165, 1.54) is 19.2 Å². The molecule has 0 fully saturated rings. The van der Waals surface area contributed by atoms with Crippen molar-refractivity contribution in [2.24, 2.45) is 0 Å². The molecule has 0 aliphatic carbocycles. The molecule has 6 heteroatoms. The molecule has 0 atom stereocenters.